The van der Waals surface area contributed by atoms with Crippen LogP contribution in [0.2, 0.25) is 5.02 Å². The highest BCUT2D eigenvalue weighted by molar-refractivity contribution is 7.21. The van der Waals surface area contributed by atoms with Gasteiger partial charge in [-0.25, -0.2) is 0 Å². The number of thiophene rings is 1. The van der Waals surface area contributed by atoms with Crippen LogP contribution in [0.1, 0.15) is 15.2 Å². The van der Waals surface area contributed by atoms with Gasteiger partial charge in [0.1, 0.15) is 16.4 Å². The van der Waals surface area contributed by atoms with Gasteiger partial charge in [-0.3, -0.25) is 20.4 Å². The van der Waals surface area contributed by atoms with E-state index in [2.05, 4.69) is 10.9 Å². The molecule has 140 valence electrons. The molecule has 3 rings (SSSR count). The fourth-order valence-corrected chi connectivity index (χ4v) is 3.76. The second kappa shape index (κ2) is 8.28. The molecule has 2 amide bonds. The Morgan fingerprint density at radius 2 is 1.78 bits per heavy atom. The van der Waals surface area contributed by atoms with Gasteiger partial charge in [0.15, 0.2) is 6.61 Å². The average molecular weight is 405 g/mol. The number of ether oxygens (including phenoxy) is 2. The zero-order valence-electron chi connectivity index (χ0n) is 14.7. The van der Waals surface area contributed by atoms with Crippen molar-refractivity contribution in [2.45, 2.75) is 6.92 Å². The molecule has 1 aromatic heterocycles. The minimum absolute atomic E-state index is 0.222. The van der Waals surface area contributed by atoms with Gasteiger partial charge in [0.25, 0.3) is 11.8 Å². The number of carbonyl (C=O) groups excluding carboxylic acids is 2. The molecule has 2 N–H and O–H groups in total. The van der Waals surface area contributed by atoms with E-state index >= 15 is 0 Å². The topological polar surface area (TPSA) is 76.7 Å². The summed E-state index contributed by atoms with van der Waals surface area (Å²) < 4.78 is 11.3. The number of methoxy groups -OCH3 is 1. The quantitative estimate of drug-likeness (QED) is 0.635. The van der Waals surface area contributed by atoms with E-state index in [0.29, 0.717) is 21.4 Å². The third kappa shape index (κ3) is 4.50. The Kier molecular flexibility index (Phi) is 5.83. The molecule has 0 atom stereocenters. The largest absolute Gasteiger partial charge is 0.497 e. The predicted molar refractivity (Wildman–Crippen MR) is 106 cm³/mol. The third-order valence-electron chi connectivity index (χ3n) is 3.75. The number of halogens is 1. The van der Waals surface area contributed by atoms with E-state index in [1.807, 2.05) is 19.1 Å². The molecule has 0 aliphatic rings. The van der Waals surface area contributed by atoms with Crippen LogP contribution < -0.4 is 20.3 Å². The molecule has 0 radical (unpaired) electrons. The van der Waals surface area contributed by atoms with Crippen LogP contribution in [0.25, 0.3) is 10.1 Å². The summed E-state index contributed by atoms with van der Waals surface area (Å²) in [4.78, 5) is 24.5. The van der Waals surface area contributed by atoms with Crippen LogP contribution in [-0.4, -0.2) is 25.5 Å². The summed E-state index contributed by atoms with van der Waals surface area (Å²) in [5, 5.41) is 1.09. The molecule has 0 fully saturated rings. The van der Waals surface area contributed by atoms with Crippen molar-refractivity contribution in [1.82, 2.24) is 10.9 Å². The van der Waals surface area contributed by atoms with Gasteiger partial charge in [-0.2, -0.15) is 0 Å². The van der Waals surface area contributed by atoms with Crippen LogP contribution in [0.4, 0.5) is 0 Å². The number of fused-ring (bicyclic) bond motifs is 1. The van der Waals surface area contributed by atoms with Crippen LogP contribution in [0, 0.1) is 6.92 Å². The van der Waals surface area contributed by atoms with Crippen LogP contribution in [0.15, 0.2) is 42.5 Å². The summed E-state index contributed by atoms with van der Waals surface area (Å²) in [5.74, 6) is 0.268. The van der Waals surface area contributed by atoms with Gasteiger partial charge in [0.2, 0.25) is 0 Å². The first-order chi connectivity index (χ1) is 13.0. The summed E-state index contributed by atoms with van der Waals surface area (Å²) in [6, 6.07) is 12.7. The second-order valence-electron chi connectivity index (χ2n) is 5.71. The summed E-state index contributed by atoms with van der Waals surface area (Å²) in [6.45, 7) is 1.74. The van der Waals surface area contributed by atoms with Gasteiger partial charge in [0.05, 0.1) is 12.1 Å². The lowest BCUT2D eigenvalue weighted by molar-refractivity contribution is -0.123. The summed E-state index contributed by atoms with van der Waals surface area (Å²) >= 11 is 7.51. The first-order valence-corrected chi connectivity index (χ1v) is 9.22. The Hall–Kier alpha value is -2.77. The Labute approximate surface area is 165 Å². The zero-order valence-corrected chi connectivity index (χ0v) is 16.2. The molecule has 3 aromatic rings. The first kappa shape index (κ1) is 19.0. The molecule has 6 nitrogen and oxygen atoms in total. The van der Waals surface area contributed by atoms with Crippen molar-refractivity contribution in [3.63, 3.8) is 0 Å². The normalized spacial score (nSPS) is 10.5. The van der Waals surface area contributed by atoms with Crippen molar-refractivity contribution in [1.29, 1.82) is 0 Å². The molecule has 2 aromatic carbocycles. The summed E-state index contributed by atoms with van der Waals surface area (Å²) in [5.41, 5.74) is 5.76. The minimum Gasteiger partial charge on any atom is -0.497 e. The Morgan fingerprint density at radius 3 is 2.48 bits per heavy atom. The number of hydrazine groups is 1. The predicted octanol–water partition coefficient (Wildman–Crippen LogP) is 3.71. The number of aryl methyl sites for hydroxylation is 1. The van der Waals surface area contributed by atoms with Crippen LogP contribution >= 0.6 is 22.9 Å². The van der Waals surface area contributed by atoms with E-state index in [1.54, 1.807) is 37.4 Å². The average Bonchev–Trinajstić information content (AvgIpc) is 3.01. The molecule has 0 spiro atoms. The lowest BCUT2D eigenvalue weighted by Crippen LogP contribution is -2.43. The van der Waals surface area contributed by atoms with Gasteiger partial charge in [-0.1, -0.05) is 29.3 Å². The highest BCUT2D eigenvalue weighted by Crippen LogP contribution is 2.37. The molecule has 27 heavy (non-hydrogen) atoms. The standard InChI is InChI=1S/C19H17ClN2O4S/c1-11-3-5-12(6-4-11)26-10-16(23)21-22-19(24)18-17(20)14-8-7-13(25-2)9-15(14)27-18/h3-9H,10H2,1-2H3,(H,21,23)(H,22,24). The molecule has 0 bridgehead atoms. The fraction of sp³-hybridized carbons (Fsp3) is 0.158. The smallest absolute Gasteiger partial charge is 0.281 e. The maximum absolute atomic E-state index is 12.3. The number of carbonyl (C=O) groups is 2. The van der Waals surface area contributed by atoms with Crippen molar-refractivity contribution in [2.24, 2.45) is 0 Å². The van der Waals surface area contributed by atoms with Crippen LogP contribution in [0.5, 0.6) is 11.5 Å². The molecular weight excluding hydrogens is 388 g/mol. The SMILES string of the molecule is COc1ccc2c(Cl)c(C(=O)NNC(=O)COc3ccc(C)cc3)sc2c1. The van der Waals surface area contributed by atoms with Gasteiger partial charge in [-0.15, -0.1) is 11.3 Å². The van der Waals surface area contributed by atoms with E-state index in [-0.39, 0.29) is 6.61 Å². The number of hydrogen-bond donors (Lipinski definition) is 2. The molecule has 0 aliphatic heterocycles. The maximum Gasteiger partial charge on any atom is 0.281 e. The Balaban J connectivity index is 1.58. The zero-order chi connectivity index (χ0) is 19.4. The van der Waals surface area contributed by atoms with Gasteiger partial charge < -0.3 is 9.47 Å². The van der Waals surface area contributed by atoms with E-state index < -0.39 is 11.8 Å². The highest BCUT2D eigenvalue weighted by atomic mass is 35.5. The van der Waals surface area contributed by atoms with Gasteiger partial charge in [-0.05, 0) is 37.3 Å². The molecule has 0 saturated heterocycles. The Morgan fingerprint density at radius 1 is 1.07 bits per heavy atom. The van der Waals surface area contributed by atoms with Gasteiger partial charge in [0, 0.05) is 10.1 Å². The lowest BCUT2D eigenvalue weighted by Gasteiger charge is -2.08. The summed E-state index contributed by atoms with van der Waals surface area (Å²) in [6.07, 6.45) is 0. The molecule has 0 unspecified atom stereocenters. The van der Waals surface area contributed by atoms with Crippen LogP contribution in [0.3, 0.4) is 0 Å². The number of benzene rings is 2. The molecule has 8 heteroatoms. The second-order valence-corrected chi connectivity index (χ2v) is 7.14. The van der Waals surface area contributed by atoms with Crippen molar-refractivity contribution in [3.8, 4) is 11.5 Å². The molecule has 0 aliphatic carbocycles. The molecule has 0 saturated carbocycles. The Bertz CT molecular complexity index is 985. The summed E-state index contributed by atoms with van der Waals surface area (Å²) in [7, 11) is 1.57. The molecular formula is C19H17ClN2O4S. The molecule has 1 heterocycles. The van der Waals surface area contributed by atoms with Crippen molar-refractivity contribution < 1.29 is 19.1 Å². The number of nitrogens with one attached hydrogen (secondary N) is 2. The van der Waals surface area contributed by atoms with E-state index in [9.17, 15) is 9.59 Å². The van der Waals surface area contributed by atoms with E-state index in [4.69, 9.17) is 21.1 Å². The lowest BCUT2D eigenvalue weighted by atomic mass is 10.2. The van der Waals surface area contributed by atoms with Crippen molar-refractivity contribution in [3.05, 3.63) is 57.9 Å². The monoisotopic (exact) mass is 404 g/mol. The van der Waals surface area contributed by atoms with Crippen molar-refractivity contribution >= 4 is 44.8 Å². The van der Waals surface area contributed by atoms with Gasteiger partial charge >= 0.3 is 0 Å². The fourth-order valence-electron chi connectivity index (χ4n) is 2.32. The maximum atomic E-state index is 12.3. The van der Waals surface area contributed by atoms with E-state index in [0.717, 1.165) is 15.6 Å². The van der Waals surface area contributed by atoms with Crippen LogP contribution in [-0.2, 0) is 4.79 Å². The van der Waals surface area contributed by atoms with Crippen molar-refractivity contribution in [2.75, 3.05) is 13.7 Å². The number of rotatable bonds is 5. The number of amides is 2. The highest BCUT2D eigenvalue weighted by Gasteiger charge is 2.18. The number of hydrogen-bond acceptors (Lipinski definition) is 5. The third-order valence-corrected chi connectivity index (χ3v) is 5.41. The first-order valence-electron chi connectivity index (χ1n) is 8.02. The van der Waals surface area contributed by atoms with E-state index in [1.165, 1.54) is 11.3 Å². The minimum atomic E-state index is -0.496.